The van der Waals surface area contributed by atoms with Gasteiger partial charge >= 0.3 is 0 Å². The number of alkyl halides is 2. The number of aromatic nitrogens is 5. The molecule has 1 saturated heterocycles. The second-order valence-corrected chi connectivity index (χ2v) is 5.97. The van der Waals surface area contributed by atoms with Gasteiger partial charge in [-0.3, -0.25) is 4.98 Å². The second kappa shape index (κ2) is 5.77. The van der Waals surface area contributed by atoms with Crippen LogP contribution in [0.25, 0.3) is 10.9 Å². The Labute approximate surface area is 137 Å². The van der Waals surface area contributed by atoms with Gasteiger partial charge in [-0.25, -0.2) is 13.5 Å². The van der Waals surface area contributed by atoms with Crippen LogP contribution in [0.1, 0.15) is 18.4 Å². The molecule has 124 valence electrons. The third kappa shape index (κ3) is 2.79. The van der Waals surface area contributed by atoms with Crippen LogP contribution < -0.4 is 4.90 Å². The maximum atomic E-state index is 13.3. The van der Waals surface area contributed by atoms with Crippen LogP contribution in [0.2, 0.25) is 0 Å². The molecule has 1 aliphatic heterocycles. The van der Waals surface area contributed by atoms with E-state index in [-0.39, 0.29) is 25.9 Å². The SMILES string of the molecule is FC1(F)CCN(c2nnnn2Cc2cccc3ncccc23)CC1. The summed E-state index contributed by atoms with van der Waals surface area (Å²) in [7, 11) is 0. The molecule has 4 rings (SSSR count). The quantitative estimate of drug-likeness (QED) is 0.738. The second-order valence-electron chi connectivity index (χ2n) is 5.97. The number of piperidine rings is 1. The first-order chi connectivity index (χ1) is 11.6. The predicted molar refractivity (Wildman–Crippen MR) is 85.1 cm³/mol. The Hall–Kier alpha value is -2.64. The highest BCUT2D eigenvalue weighted by atomic mass is 19.3. The van der Waals surface area contributed by atoms with E-state index >= 15 is 0 Å². The zero-order chi connectivity index (χ0) is 16.6. The van der Waals surface area contributed by atoms with E-state index in [4.69, 9.17) is 0 Å². The molecule has 0 atom stereocenters. The summed E-state index contributed by atoms with van der Waals surface area (Å²) in [5.41, 5.74) is 1.94. The van der Waals surface area contributed by atoms with Gasteiger partial charge in [0.2, 0.25) is 5.95 Å². The zero-order valence-electron chi connectivity index (χ0n) is 12.9. The van der Waals surface area contributed by atoms with Crippen LogP contribution >= 0.6 is 0 Å². The summed E-state index contributed by atoms with van der Waals surface area (Å²) in [4.78, 5) is 6.16. The minimum Gasteiger partial charge on any atom is -0.339 e. The van der Waals surface area contributed by atoms with Crippen molar-refractivity contribution in [2.45, 2.75) is 25.3 Å². The minimum atomic E-state index is -2.59. The Morgan fingerprint density at radius 2 is 1.92 bits per heavy atom. The largest absolute Gasteiger partial charge is 0.339 e. The lowest BCUT2D eigenvalue weighted by Crippen LogP contribution is -2.40. The van der Waals surface area contributed by atoms with E-state index in [2.05, 4.69) is 20.5 Å². The maximum Gasteiger partial charge on any atom is 0.251 e. The first-order valence-electron chi connectivity index (χ1n) is 7.84. The smallest absolute Gasteiger partial charge is 0.251 e. The Kier molecular flexibility index (Phi) is 3.59. The number of anilines is 1. The fraction of sp³-hybridized carbons (Fsp3) is 0.375. The summed E-state index contributed by atoms with van der Waals surface area (Å²) in [6, 6.07) is 9.78. The summed E-state index contributed by atoms with van der Waals surface area (Å²) >= 11 is 0. The molecular formula is C16H16F2N6. The van der Waals surface area contributed by atoms with Gasteiger partial charge in [-0.1, -0.05) is 23.3 Å². The zero-order valence-corrected chi connectivity index (χ0v) is 12.9. The lowest BCUT2D eigenvalue weighted by Gasteiger charge is -2.31. The van der Waals surface area contributed by atoms with Gasteiger partial charge < -0.3 is 4.90 Å². The standard InChI is InChI=1S/C16H16F2N6/c17-16(18)6-9-23(10-7-16)15-20-21-22-24(15)11-12-3-1-5-14-13(12)4-2-8-19-14/h1-5,8H,6-7,9-11H2. The number of hydrogen-bond donors (Lipinski definition) is 0. The molecular weight excluding hydrogens is 314 g/mol. The summed E-state index contributed by atoms with van der Waals surface area (Å²) in [6.45, 7) is 0.979. The van der Waals surface area contributed by atoms with Crippen LogP contribution in [0.3, 0.4) is 0 Å². The lowest BCUT2D eigenvalue weighted by molar-refractivity contribution is -0.0223. The first-order valence-corrected chi connectivity index (χ1v) is 7.84. The molecule has 0 N–H and O–H groups in total. The molecule has 6 nitrogen and oxygen atoms in total. The average molecular weight is 330 g/mol. The van der Waals surface area contributed by atoms with Crippen molar-refractivity contribution in [3.63, 3.8) is 0 Å². The highest BCUT2D eigenvalue weighted by Crippen LogP contribution is 2.29. The van der Waals surface area contributed by atoms with E-state index in [1.54, 1.807) is 10.9 Å². The number of fused-ring (bicyclic) bond motifs is 1. The predicted octanol–water partition coefficient (Wildman–Crippen LogP) is 2.51. The molecule has 0 saturated carbocycles. The van der Waals surface area contributed by atoms with E-state index in [9.17, 15) is 8.78 Å². The number of tetrazole rings is 1. The molecule has 2 aromatic heterocycles. The summed E-state index contributed by atoms with van der Waals surface area (Å²) in [5, 5.41) is 12.8. The van der Waals surface area contributed by atoms with Crippen molar-refractivity contribution >= 4 is 16.9 Å². The molecule has 3 heterocycles. The minimum absolute atomic E-state index is 0.169. The Morgan fingerprint density at radius 3 is 2.75 bits per heavy atom. The van der Waals surface area contributed by atoms with Gasteiger partial charge in [0, 0.05) is 37.5 Å². The highest BCUT2D eigenvalue weighted by molar-refractivity contribution is 5.81. The van der Waals surface area contributed by atoms with Crippen molar-refractivity contribution < 1.29 is 8.78 Å². The number of hydrogen-bond acceptors (Lipinski definition) is 5. The third-order valence-corrected chi connectivity index (χ3v) is 4.35. The average Bonchev–Trinajstić information content (AvgIpc) is 3.03. The first kappa shape index (κ1) is 14.9. The van der Waals surface area contributed by atoms with E-state index in [1.165, 1.54) is 0 Å². The van der Waals surface area contributed by atoms with Crippen LogP contribution in [0.15, 0.2) is 36.5 Å². The monoisotopic (exact) mass is 330 g/mol. The number of halogens is 2. The Balaban J connectivity index is 1.61. The van der Waals surface area contributed by atoms with E-state index in [1.807, 2.05) is 35.2 Å². The maximum absolute atomic E-state index is 13.3. The molecule has 3 aromatic rings. The molecule has 0 aliphatic carbocycles. The molecule has 1 fully saturated rings. The van der Waals surface area contributed by atoms with Gasteiger partial charge in [-0.05, 0) is 28.1 Å². The topological polar surface area (TPSA) is 59.7 Å². The molecule has 8 heteroatoms. The molecule has 0 spiro atoms. The van der Waals surface area contributed by atoms with Gasteiger partial charge in [0.05, 0.1) is 12.1 Å². The number of pyridine rings is 1. The summed E-state index contributed by atoms with van der Waals surface area (Å²) in [5.74, 6) is -2.05. The normalized spacial score (nSPS) is 17.3. The molecule has 0 unspecified atom stereocenters. The number of benzene rings is 1. The van der Waals surface area contributed by atoms with Gasteiger partial charge in [-0.2, -0.15) is 0 Å². The highest BCUT2D eigenvalue weighted by Gasteiger charge is 2.35. The summed E-state index contributed by atoms with van der Waals surface area (Å²) in [6.07, 6.45) is 1.42. The van der Waals surface area contributed by atoms with Gasteiger partial charge in [0.15, 0.2) is 0 Å². The fourth-order valence-electron chi connectivity index (χ4n) is 3.03. The van der Waals surface area contributed by atoms with Crippen LogP contribution in [0.4, 0.5) is 14.7 Å². The molecule has 0 amide bonds. The summed E-state index contributed by atoms with van der Waals surface area (Å²) < 4.78 is 28.4. The van der Waals surface area contributed by atoms with Crippen molar-refractivity contribution in [3.8, 4) is 0 Å². The Morgan fingerprint density at radius 1 is 1.08 bits per heavy atom. The molecule has 24 heavy (non-hydrogen) atoms. The van der Waals surface area contributed by atoms with Crippen LogP contribution in [-0.2, 0) is 6.54 Å². The van der Waals surface area contributed by atoms with Crippen molar-refractivity contribution in [3.05, 3.63) is 42.1 Å². The molecule has 0 bridgehead atoms. The van der Waals surface area contributed by atoms with Crippen molar-refractivity contribution in [2.75, 3.05) is 18.0 Å². The van der Waals surface area contributed by atoms with Gasteiger partial charge in [0.1, 0.15) is 0 Å². The van der Waals surface area contributed by atoms with Gasteiger partial charge in [0.25, 0.3) is 5.92 Å². The molecule has 0 radical (unpaired) electrons. The van der Waals surface area contributed by atoms with E-state index in [0.717, 1.165) is 16.5 Å². The number of nitrogens with zero attached hydrogens (tertiary/aromatic N) is 6. The van der Waals surface area contributed by atoms with Crippen LogP contribution in [0, 0.1) is 0 Å². The third-order valence-electron chi connectivity index (χ3n) is 4.35. The van der Waals surface area contributed by atoms with Crippen molar-refractivity contribution in [1.82, 2.24) is 25.2 Å². The lowest BCUT2D eigenvalue weighted by atomic mass is 10.1. The van der Waals surface area contributed by atoms with E-state index < -0.39 is 5.92 Å². The van der Waals surface area contributed by atoms with Crippen LogP contribution in [0.5, 0.6) is 0 Å². The fourth-order valence-corrected chi connectivity index (χ4v) is 3.03. The number of rotatable bonds is 3. The van der Waals surface area contributed by atoms with E-state index in [0.29, 0.717) is 12.5 Å². The Bertz CT molecular complexity index is 847. The molecule has 1 aromatic carbocycles. The van der Waals surface area contributed by atoms with Gasteiger partial charge in [-0.15, -0.1) is 0 Å². The van der Waals surface area contributed by atoms with Crippen molar-refractivity contribution in [2.24, 2.45) is 0 Å². The van der Waals surface area contributed by atoms with Crippen LogP contribution in [-0.4, -0.2) is 44.2 Å². The van der Waals surface area contributed by atoms with Crippen molar-refractivity contribution in [1.29, 1.82) is 0 Å². The molecule has 1 aliphatic rings.